The molecule has 0 saturated carbocycles. The second-order valence-electron chi connectivity index (χ2n) is 7.51. The molecular weight excluding hydrogens is 346 g/mol. The van der Waals surface area contributed by atoms with E-state index in [0.717, 1.165) is 43.2 Å². The quantitative estimate of drug-likeness (QED) is 0.836. The first-order valence-electron chi connectivity index (χ1n) is 9.14. The maximum absolute atomic E-state index is 12.5. The van der Waals surface area contributed by atoms with Gasteiger partial charge in [-0.3, -0.25) is 4.90 Å². The number of likely N-dealkylation sites (tertiary alicyclic amines) is 2. The number of carbonyl (C=O) groups excluding carboxylic acids is 1. The Balaban J connectivity index is 1.41. The Morgan fingerprint density at radius 1 is 1.08 bits per heavy atom. The first-order valence-corrected chi connectivity index (χ1v) is 9.52. The predicted octanol–water partition coefficient (Wildman–Crippen LogP) is 4.64. The van der Waals surface area contributed by atoms with Gasteiger partial charge in [0.25, 0.3) is 0 Å². The average molecular weight is 370 g/mol. The van der Waals surface area contributed by atoms with Gasteiger partial charge in [-0.05, 0) is 49.7 Å². The summed E-state index contributed by atoms with van der Waals surface area (Å²) in [6, 6.07) is 18.3. The molecule has 2 aliphatic heterocycles. The molecule has 2 saturated heterocycles. The van der Waals surface area contributed by atoms with Crippen LogP contribution >= 0.6 is 11.6 Å². The summed E-state index contributed by atoms with van der Waals surface area (Å²) in [6.45, 7) is 2.70. The molecule has 2 aromatic rings. The van der Waals surface area contributed by atoms with Gasteiger partial charge in [0.05, 0.1) is 0 Å². The zero-order chi connectivity index (χ0) is 18.1. The van der Waals surface area contributed by atoms with E-state index in [0.29, 0.717) is 6.04 Å². The zero-order valence-corrected chi connectivity index (χ0v) is 15.7. The summed E-state index contributed by atoms with van der Waals surface area (Å²) in [6.07, 6.45) is 2.07. The van der Waals surface area contributed by atoms with E-state index in [1.807, 2.05) is 47.4 Å². The van der Waals surface area contributed by atoms with Gasteiger partial charge in [-0.25, -0.2) is 4.79 Å². The number of nitrogens with zero attached hydrogens (tertiary/aromatic N) is 2. The van der Waals surface area contributed by atoms with Crippen LogP contribution in [0.25, 0.3) is 0 Å². The number of piperidine rings is 1. The van der Waals surface area contributed by atoms with Crippen LogP contribution in [0, 0.1) is 5.41 Å². The van der Waals surface area contributed by atoms with Crippen molar-refractivity contribution in [2.24, 2.45) is 5.41 Å². The van der Waals surface area contributed by atoms with Crippen molar-refractivity contribution in [1.82, 2.24) is 9.80 Å². The molecule has 0 bridgehead atoms. The van der Waals surface area contributed by atoms with Gasteiger partial charge >= 0.3 is 6.03 Å². The normalized spacial score (nSPS) is 22.1. The molecule has 5 heteroatoms. The lowest BCUT2D eigenvalue weighted by atomic mass is 9.63. The largest absolute Gasteiger partial charge is 0.324 e. The number of benzene rings is 2. The maximum atomic E-state index is 12.5. The molecule has 4 nitrogen and oxygen atoms in total. The number of urea groups is 1. The van der Waals surface area contributed by atoms with Crippen LogP contribution in [0.5, 0.6) is 0 Å². The Labute approximate surface area is 159 Å². The highest BCUT2D eigenvalue weighted by atomic mass is 35.5. The van der Waals surface area contributed by atoms with E-state index < -0.39 is 0 Å². The van der Waals surface area contributed by atoms with Gasteiger partial charge in [0.1, 0.15) is 0 Å². The molecule has 26 heavy (non-hydrogen) atoms. The Kier molecular flexibility index (Phi) is 4.63. The number of amides is 2. The van der Waals surface area contributed by atoms with Gasteiger partial charge in [-0.2, -0.15) is 0 Å². The molecule has 2 amide bonds. The number of hydrogen-bond acceptors (Lipinski definition) is 2. The third kappa shape index (κ3) is 3.19. The standard InChI is InChI=1S/C21H24ClN3O/c1-24-15-21(19(24)16-7-9-17(22)10-8-16)11-13-25(14-12-21)20(26)23-18-5-3-2-4-6-18/h2-10,19H,11-15H2,1H3,(H,23,26). The minimum Gasteiger partial charge on any atom is -0.324 e. The number of carbonyl (C=O) groups is 1. The highest BCUT2D eigenvalue weighted by molar-refractivity contribution is 6.30. The summed E-state index contributed by atoms with van der Waals surface area (Å²) in [5.74, 6) is 0. The van der Waals surface area contributed by atoms with Crippen molar-refractivity contribution < 1.29 is 4.79 Å². The Morgan fingerprint density at radius 2 is 1.73 bits per heavy atom. The fourth-order valence-electron chi connectivity index (χ4n) is 4.59. The summed E-state index contributed by atoms with van der Waals surface area (Å²) in [7, 11) is 2.18. The van der Waals surface area contributed by atoms with Gasteiger partial charge in [0.15, 0.2) is 0 Å². The third-order valence-electron chi connectivity index (χ3n) is 5.84. The molecule has 1 unspecified atom stereocenters. The summed E-state index contributed by atoms with van der Waals surface area (Å²) in [5.41, 5.74) is 2.44. The highest BCUT2D eigenvalue weighted by Gasteiger charge is 2.52. The fraction of sp³-hybridized carbons (Fsp3) is 0.381. The zero-order valence-electron chi connectivity index (χ0n) is 15.0. The average Bonchev–Trinajstić information content (AvgIpc) is 2.64. The molecule has 136 valence electrons. The van der Waals surface area contributed by atoms with Crippen molar-refractivity contribution in [3.05, 3.63) is 65.2 Å². The lowest BCUT2D eigenvalue weighted by Gasteiger charge is -2.59. The minimum absolute atomic E-state index is 0.00164. The first-order chi connectivity index (χ1) is 12.6. The van der Waals surface area contributed by atoms with Crippen molar-refractivity contribution in [2.45, 2.75) is 18.9 Å². The lowest BCUT2D eigenvalue weighted by molar-refractivity contribution is -0.0915. The van der Waals surface area contributed by atoms with Crippen LogP contribution in [0.1, 0.15) is 24.4 Å². The Bertz CT molecular complexity index is 770. The molecule has 2 heterocycles. The number of hydrogen-bond donors (Lipinski definition) is 1. The summed E-state index contributed by atoms with van der Waals surface area (Å²) >= 11 is 6.05. The van der Waals surface area contributed by atoms with E-state index in [-0.39, 0.29) is 11.4 Å². The van der Waals surface area contributed by atoms with E-state index in [1.54, 1.807) is 0 Å². The van der Waals surface area contributed by atoms with Crippen LogP contribution in [0.2, 0.25) is 5.02 Å². The molecule has 0 aromatic heterocycles. The molecule has 0 radical (unpaired) electrons. The fourth-order valence-corrected chi connectivity index (χ4v) is 4.72. The van der Waals surface area contributed by atoms with Crippen molar-refractivity contribution in [3.8, 4) is 0 Å². The SMILES string of the molecule is CN1CC2(CCN(C(=O)Nc3ccccc3)CC2)C1c1ccc(Cl)cc1. The Hall–Kier alpha value is -2.04. The van der Waals surface area contributed by atoms with Gasteiger partial charge in [0, 0.05) is 41.8 Å². The molecule has 2 fully saturated rings. The van der Waals surface area contributed by atoms with Crippen molar-refractivity contribution in [3.63, 3.8) is 0 Å². The topological polar surface area (TPSA) is 35.6 Å². The van der Waals surface area contributed by atoms with Crippen molar-refractivity contribution in [2.75, 3.05) is 32.0 Å². The molecule has 4 rings (SSSR count). The van der Waals surface area contributed by atoms with Crippen LogP contribution in [0.15, 0.2) is 54.6 Å². The van der Waals surface area contributed by atoms with E-state index in [2.05, 4.69) is 29.4 Å². The number of rotatable bonds is 2. The summed E-state index contributed by atoms with van der Waals surface area (Å²) < 4.78 is 0. The molecule has 1 atom stereocenters. The van der Waals surface area contributed by atoms with Crippen LogP contribution in [0.3, 0.4) is 0 Å². The van der Waals surface area contributed by atoms with Crippen LogP contribution in [0.4, 0.5) is 10.5 Å². The number of halogens is 1. The van der Waals surface area contributed by atoms with Crippen LogP contribution in [-0.2, 0) is 0 Å². The second kappa shape index (κ2) is 6.93. The third-order valence-corrected chi connectivity index (χ3v) is 6.09. The highest BCUT2D eigenvalue weighted by Crippen LogP contribution is 2.54. The number of para-hydroxylation sites is 1. The van der Waals surface area contributed by atoms with Gasteiger partial charge in [-0.15, -0.1) is 0 Å². The molecular formula is C21H24ClN3O. The van der Waals surface area contributed by atoms with E-state index in [1.165, 1.54) is 5.56 Å². The monoisotopic (exact) mass is 369 g/mol. The second-order valence-corrected chi connectivity index (χ2v) is 7.95. The maximum Gasteiger partial charge on any atom is 0.321 e. The van der Waals surface area contributed by atoms with Gasteiger partial charge in [0.2, 0.25) is 0 Å². The van der Waals surface area contributed by atoms with E-state index in [4.69, 9.17) is 11.6 Å². The molecule has 1 N–H and O–H groups in total. The lowest BCUT2D eigenvalue weighted by Crippen LogP contribution is -2.61. The molecule has 1 spiro atoms. The van der Waals surface area contributed by atoms with Crippen molar-refractivity contribution in [1.29, 1.82) is 0 Å². The molecule has 2 aliphatic rings. The minimum atomic E-state index is 0.00164. The number of nitrogens with one attached hydrogen (secondary N) is 1. The summed E-state index contributed by atoms with van der Waals surface area (Å²) in [4.78, 5) is 16.9. The van der Waals surface area contributed by atoms with E-state index >= 15 is 0 Å². The summed E-state index contributed by atoms with van der Waals surface area (Å²) in [5, 5.41) is 3.77. The number of anilines is 1. The van der Waals surface area contributed by atoms with Crippen molar-refractivity contribution >= 4 is 23.3 Å². The van der Waals surface area contributed by atoms with Crippen LogP contribution in [-0.4, -0.2) is 42.5 Å². The first kappa shape index (κ1) is 17.4. The molecule has 2 aromatic carbocycles. The van der Waals surface area contributed by atoms with Gasteiger partial charge < -0.3 is 10.2 Å². The van der Waals surface area contributed by atoms with Crippen LogP contribution < -0.4 is 5.32 Å². The predicted molar refractivity (Wildman–Crippen MR) is 106 cm³/mol. The smallest absolute Gasteiger partial charge is 0.321 e. The Morgan fingerprint density at radius 3 is 2.35 bits per heavy atom. The molecule has 0 aliphatic carbocycles. The van der Waals surface area contributed by atoms with Gasteiger partial charge in [-0.1, -0.05) is 41.9 Å². The van der Waals surface area contributed by atoms with E-state index in [9.17, 15) is 4.79 Å².